The van der Waals surface area contributed by atoms with Crippen molar-refractivity contribution in [1.29, 1.82) is 0 Å². The zero-order valence-corrected chi connectivity index (χ0v) is 24.5. The van der Waals surface area contributed by atoms with E-state index in [0.29, 0.717) is 0 Å². The van der Waals surface area contributed by atoms with Crippen LogP contribution in [0.4, 0.5) is 0 Å². The lowest BCUT2D eigenvalue weighted by atomic mass is 9.96. The molecule has 0 atom stereocenters. The van der Waals surface area contributed by atoms with E-state index < -0.39 is 0 Å². The van der Waals surface area contributed by atoms with Crippen LogP contribution in [0.5, 0.6) is 0 Å². The summed E-state index contributed by atoms with van der Waals surface area (Å²) in [7, 11) is 0. The van der Waals surface area contributed by atoms with Crippen LogP contribution in [0, 0.1) is 0 Å². The molecule has 0 unspecified atom stereocenters. The predicted molar refractivity (Wildman–Crippen MR) is 191 cm³/mol. The molecule has 202 valence electrons. The highest BCUT2D eigenvalue weighted by molar-refractivity contribution is 7.26. The third kappa shape index (κ3) is 2.75. The molecule has 2 heterocycles. The van der Waals surface area contributed by atoms with E-state index in [2.05, 4.69) is 144 Å². The first-order valence-corrected chi connectivity index (χ1v) is 16.0. The summed E-state index contributed by atoms with van der Waals surface area (Å²) >= 11 is 1.89. The van der Waals surface area contributed by atoms with Crippen molar-refractivity contribution in [1.82, 2.24) is 4.57 Å². The van der Waals surface area contributed by atoms with Crippen molar-refractivity contribution >= 4 is 85.6 Å². The minimum Gasteiger partial charge on any atom is -0.308 e. The fraction of sp³-hybridized carbons (Fsp3) is 0. The normalized spacial score (nSPS) is 12.5. The maximum Gasteiger partial charge on any atom is 0.0619 e. The van der Waals surface area contributed by atoms with Crippen LogP contribution in [0.3, 0.4) is 0 Å². The van der Waals surface area contributed by atoms with E-state index in [1.54, 1.807) is 0 Å². The molecule has 0 bridgehead atoms. The molecule has 11 rings (SSSR count). The Balaban J connectivity index is 1.34. The van der Waals surface area contributed by atoms with E-state index in [1.165, 1.54) is 102 Å². The van der Waals surface area contributed by atoms with E-state index in [1.807, 2.05) is 11.3 Å². The Labute approximate surface area is 256 Å². The number of para-hydroxylation sites is 1. The number of nitrogens with zero attached hydrogens (tertiary/aromatic N) is 1. The van der Waals surface area contributed by atoms with Crippen molar-refractivity contribution in [2.24, 2.45) is 0 Å². The highest BCUT2D eigenvalue weighted by Gasteiger charge is 2.24. The lowest BCUT2D eigenvalue weighted by molar-refractivity contribution is 1.21. The number of thiophene rings is 1. The second kappa shape index (κ2) is 8.13. The van der Waals surface area contributed by atoms with Gasteiger partial charge in [0, 0.05) is 41.7 Å². The molecule has 1 nitrogen and oxygen atoms in total. The topological polar surface area (TPSA) is 4.93 Å². The molecule has 0 N–H and O–H groups in total. The summed E-state index contributed by atoms with van der Waals surface area (Å²) in [4.78, 5) is 0. The van der Waals surface area contributed by atoms with Crippen molar-refractivity contribution in [3.63, 3.8) is 0 Å². The van der Waals surface area contributed by atoms with Gasteiger partial charge in [-0.05, 0) is 68.1 Å². The van der Waals surface area contributed by atoms with Crippen LogP contribution in [0.2, 0.25) is 0 Å². The number of rotatable bonds is 1. The smallest absolute Gasteiger partial charge is 0.0619 e. The van der Waals surface area contributed by atoms with Crippen LogP contribution in [0.1, 0.15) is 0 Å². The van der Waals surface area contributed by atoms with E-state index in [9.17, 15) is 0 Å². The third-order valence-corrected chi connectivity index (χ3v) is 11.1. The van der Waals surface area contributed by atoms with E-state index in [0.717, 1.165) is 0 Å². The molecule has 8 aromatic carbocycles. The molecule has 0 saturated heterocycles. The minimum absolute atomic E-state index is 1.23. The maximum atomic E-state index is 2.54. The van der Waals surface area contributed by atoms with Crippen LogP contribution >= 0.6 is 11.3 Å². The van der Waals surface area contributed by atoms with Gasteiger partial charge in [-0.25, -0.2) is 0 Å². The molecular weight excluding hydrogens is 551 g/mol. The van der Waals surface area contributed by atoms with Crippen molar-refractivity contribution < 1.29 is 0 Å². The van der Waals surface area contributed by atoms with Crippen LogP contribution < -0.4 is 0 Å². The Kier molecular flexibility index (Phi) is 4.26. The van der Waals surface area contributed by atoms with Gasteiger partial charge in [-0.15, -0.1) is 11.3 Å². The number of hydrogen-bond donors (Lipinski definition) is 0. The van der Waals surface area contributed by atoms with Gasteiger partial charge in [0.15, 0.2) is 0 Å². The van der Waals surface area contributed by atoms with Gasteiger partial charge in [0.25, 0.3) is 0 Å². The summed E-state index contributed by atoms with van der Waals surface area (Å²) in [6.45, 7) is 0. The summed E-state index contributed by atoms with van der Waals surface area (Å²) in [6, 6.07) is 52.1. The van der Waals surface area contributed by atoms with Crippen molar-refractivity contribution in [3.8, 4) is 27.9 Å². The first kappa shape index (κ1) is 23.1. The molecule has 44 heavy (non-hydrogen) atoms. The van der Waals surface area contributed by atoms with Gasteiger partial charge in [-0.3, -0.25) is 0 Å². The quantitative estimate of drug-likeness (QED) is 0.172. The summed E-state index contributed by atoms with van der Waals surface area (Å²) in [5.41, 5.74) is 9.07. The molecule has 2 aromatic heterocycles. The second-order valence-electron chi connectivity index (χ2n) is 12.0. The van der Waals surface area contributed by atoms with Gasteiger partial charge in [-0.1, -0.05) is 115 Å². The molecule has 0 saturated carbocycles. The van der Waals surface area contributed by atoms with Crippen LogP contribution in [0.25, 0.3) is 102 Å². The van der Waals surface area contributed by atoms with Gasteiger partial charge < -0.3 is 4.57 Å². The molecule has 0 aliphatic heterocycles. The van der Waals surface area contributed by atoms with Gasteiger partial charge in [0.2, 0.25) is 0 Å². The van der Waals surface area contributed by atoms with E-state index >= 15 is 0 Å². The summed E-state index contributed by atoms with van der Waals surface area (Å²) < 4.78 is 5.23. The number of fused-ring (bicyclic) bond motifs is 14. The molecule has 0 fully saturated rings. The molecule has 0 spiro atoms. The molecule has 1 aliphatic carbocycles. The monoisotopic (exact) mass is 573 g/mol. The highest BCUT2D eigenvalue weighted by Crippen LogP contribution is 2.50. The van der Waals surface area contributed by atoms with Crippen LogP contribution in [-0.2, 0) is 0 Å². The Hall–Kier alpha value is -5.44. The lowest BCUT2D eigenvalue weighted by Gasteiger charge is -2.15. The Morgan fingerprint density at radius 1 is 0.364 bits per heavy atom. The van der Waals surface area contributed by atoms with Crippen LogP contribution in [-0.4, -0.2) is 4.57 Å². The summed E-state index contributed by atoms with van der Waals surface area (Å²) in [6.07, 6.45) is 0. The molecule has 10 aromatic rings. The van der Waals surface area contributed by atoms with Crippen molar-refractivity contribution in [3.05, 3.63) is 140 Å². The fourth-order valence-electron chi connectivity index (χ4n) is 8.14. The van der Waals surface area contributed by atoms with Gasteiger partial charge in [0.1, 0.15) is 0 Å². The Morgan fingerprint density at radius 2 is 1.02 bits per heavy atom. The first-order chi connectivity index (χ1) is 21.8. The van der Waals surface area contributed by atoms with Crippen molar-refractivity contribution in [2.75, 3.05) is 0 Å². The molecule has 0 radical (unpaired) electrons. The average Bonchev–Trinajstić information content (AvgIpc) is 3.74. The zero-order valence-electron chi connectivity index (χ0n) is 23.6. The predicted octanol–water partition coefficient (Wildman–Crippen LogP) is 12.3. The molecule has 0 amide bonds. The highest BCUT2D eigenvalue weighted by atomic mass is 32.1. The Morgan fingerprint density at radius 3 is 1.93 bits per heavy atom. The Bertz CT molecular complexity index is 2850. The summed E-state index contributed by atoms with van der Waals surface area (Å²) in [5.74, 6) is 0. The van der Waals surface area contributed by atoms with Gasteiger partial charge >= 0.3 is 0 Å². The SMILES string of the molecule is c1ccc2c(c1)-c1cccc3c(-n4c5ccccc5c5ccc6c(ccc7ccc8sc9ccccc9c8c76)c54)ccc-2c13. The molecular formula is C42H23NS. The maximum absolute atomic E-state index is 2.54. The second-order valence-corrected chi connectivity index (χ2v) is 13.1. The van der Waals surface area contributed by atoms with E-state index in [-0.39, 0.29) is 0 Å². The number of aromatic nitrogens is 1. The van der Waals surface area contributed by atoms with Gasteiger partial charge in [0.05, 0.1) is 16.7 Å². The zero-order chi connectivity index (χ0) is 28.5. The number of hydrogen-bond acceptors (Lipinski definition) is 1. The van der Waals surface area contributed by atoms with E-state index in [4.69, 9.17) is 0 Å². The third-order valence-electron chi connectivity index (χ3n) is 9.92. The van der Waals surface area contributed by atoms with Crippen molar-refractivity contribution in [2.45, 2.75) is 0 Å². The standard InChI is InChI=1S/C42H23NS/c1-2-9-26-25(8-1)28-12-7-13-33-36(22-21-29(26)40(28)33)43-35-14-5-3-10-27(35)31-20-19-30-32(42(31)43)18-16-24-17-23-38-41(39(24)30)34-11-4-6-15-37(34)44-38/h1-23H. The average molecular weight is 574 g/mol. The molecule has 2 heteroatoms. The summed E-state index contributed by atoms with van der Waals surface area (Å²) in [5, 5.41) is 13.2. The first-order valence-electron chi connectivity index (χ1n) is 15.2. The van der Waals surface area contributed by atoms with Crippen LogP contribution in [0.15, 0.2) is 140 Å². The lowest BCUT2D eigenvalue weighted by Crippen LogP contribution is -1.96. The minimum atomic E-state index is 1.23. The largest absolute Gasteiger partial charge is 0.308 e. The molecule has 1 aliphatic rings. The fourth-order valence-corrected chi connectivity index (χ4v) is 9.26. The van der Waals surface area contributed by atoms with Gasteiger partial charge in [-0.2, -0.15) is 0 Å². The number of benzene rings is 8.